The maximum Gasteiger partial charge on any atom is 0.358 e. The first-order valence-corrected chi connectivity index (χ1v) is 3.96. The molecule has 1 heterocycles. The first-order chi connectivity index (χ1) is 5.68. The number of rotatable bonds is 2. The second-order valence-corrected chi connectivity index (χ2v) is 3.08. The van der Waals surface area contributed by atoms with E-state index < -0.39 is 5.97 Å². The molecule has 1 fully saturated rings. The van der Waals surface area contributed by atoms with Gasteiger partial charge in [0.25, 0.3) is 5.35 Å². The average molecular weight is 188 g/mol. The molecule has 0 unspecified atom stereocenters. The zero-order chi connectivity index (χ0) is 8.72. The van der Waals surface area contributed by atoms with E-state index in [1.165, 1.54) is 0 Å². The number of oxazole rings is 1. The van der Waals surface area contributed by atoms with E-state index in [-0.39, 0.29) is 17.0 Å². The molecule has 1 aromatic rings. The van der Waals surface area contributed by atoms with Crippen LogP contribution in [-0.4, -0.2) is 16.1 Å². The van der Waals surface area contributed by atoms with Gasteiger partial charge in [0, 0.05) is 5.92 Å². The lowest BCUT2D eigenvalue weighted by Gasteiger charge is -1.89. The number of aromatic nitrogens is 1. The Morgan fingerprint density at radius 2 is 2.33 bits per heavy atom. The molecule has 1 saturated carbocycles. The van der Waals surface area contributed by atoms with Crippen molar-refractivity contribution in [2.75, 3.05) is 0 Å². The van der Waals surface area contributed by atoms with Crippen molar-refractivity contribution < 1.29 is 14.3 Å². The zero-order valence-electron chi connectivity index (χ0n) is 6.08. The van der Waals surface area contributed by atoms with Gasteiger partial charge in [-0.15, -0.1) is 0 Å². The van der Waals surface area contributed by atoms with Gasteiger partial charge in [-0.2, -0.15) is 4.98 Å². The standard InChI is InChI=1S/C7H6ClNO3/c8-7-9-4(6(10)11)5(12-7)3-1-2-3/h3H,1-2H2,(H,10,11). The van der Waals surface area contributed by atoms with Gasteiger partial charge in [0.15, 0.2) is 5.69 Å². The monoisotopic (exact) mass is 187 g/mol. The Morgan fingerprint density at radius 1 is 1.67 bits per heavy atom. The fourth-order valence-corrected chi connectivity index (χ4v) is 1.25. The largest absolute Gasteiger partial charge is 0.476 e. The van der Waals surface area contributed by atoms with E-state index >= 15 is 0 Å². The van der Waals surface area contributed by atoms with E-state index in [0.29, 0.717) is 5.76 Å². The second kappa shape index (κ2) is 2.48. The molecule has 0 aliphatic heterocycles. The van der Waals surface area contributed by atoms with Crippen molar-refractivity contribution in [2.24, 2.45) is 0 Å². The molecule has 0 aromatic carbocycles. The van der Waals surface area contributed by atoms with Crippen molar-refractivity contribution in [3.63, 3.8) is 0 Å². The highest BCUT2D eigenvalue weighted by Crippen LogP contribution is 2.42. The predicted molar refractivity (Wildman–Crippen MR) is 40.4 cm³/mol. The summed E-state index contributed by atoms with van der Waals surface area (Å²) >= 11 is 5.44. The van der Waals surface area contributed by atoms with Gasteiger partial charge in [-0.05, 0) is 24.4 Å². The summed E-state index contributed by atoms with van der Waals surface area (Å²) in [7, 11) is 0. The smallest absolute Gasteiger partial charge is 0.358 e. The lowest BCUT2D eigenvalue weighted by Crippen LogP contribution is -1.99. The molecular weight excluding hydrogens is 182 g/mol. The van der Waals surface area contributed by atoms with E-state index in [0.717, 1.165) is 12.8 Å². The van der Waals surface area contributed by atoms with E-state index in [2.05, 4.69) is 4.98 Å². The molecule has 0 amide bonds. The highest BCUT2D eigenvalue weighted by atomic mass is 35.5. The number of aromatic carboxylic acids is 1. The van der Waals surface area contributed by atoms with Crippen LogP contribution in [0.4, 0.5) is 0 Å². The molecule has 1 aliphatic rings. The van der Waals surface area contributed by atoms with E-state index in [1.807, 2.05) is 0 Å². The Kier molecular flexibility index (Phi) is 1.58. The number of hydrogen-bond acceptors (Lipinski definition) is 3. The van der Waals surface area contributed by atoms with Gasteiger partial charge in [-0.3, -0.25) is 0 Å². The summed E-state index contributed by atoms with van der Waals surface area (Å²) in [5.74, 6) is -0.434. The van der Waals surface area contributed by atoms with Crippen molar-refractivity contribution in [1.82, 2.24) is 4.98 Å². The minimum atomic E-state index is -1.08. The van der Waals surface area contributed by atoms with Crippen LogP contribution >= 0.6 is 11.6 Å². The first kappa shape index (κ1) is 7.61. The van der Waals surface area contributed by atoms with Crippen LogP contribution in [0.2, 0.25) is 5.35 Å². The topological polar surface area (TPSA) is 63.3 Å². The van der Waals surface area contributed by atoms with Gasteiger partial charge in [0.2, 0.25) is 0 Å². The van der Waals surface area contributed by atoms with E-state index in [4.69, 9.17) is 21.1 Å². The molecule has 0 bridgehead atoms. The third-order valence-electron chi connectivity index (χ3n) is 1.78. The van der Waals surface area contributed by atoms with Gasteiger partial charge in [-0.25, -0.2) is 4.79 Å². The Morgan fingerprint density at radius 3 is 2.83 bits per heavy atom. The van der Waals surface area contributed by atoms with E-state index in [1.54, 1.807) is 0 Å². The Balaban J connectivity index is 2.43. The molecule has 0 spiro atoms. The fraction of sp³-hybridized carbons (Fsp3) is 0.429. The highest BCUT2D eigenvalue weighted by molar-refractivity contribution is 6.27. The van der Waals surface area contributed by atoms with Gasteiger partial charge in [-0.1, -0.05) is 0 Å². The van der Waals surface area contributed by atoms with Crippen LogP contribution in [0.3, 0.4) is 0 Å². The highest BCUT2D eigenvalue weighted by Gasteiger charge is 2.33. The molecule has 4 nitrogen and oxygen atoms in total. The number of hydrogen-bond donors (Lipinski definition) is 1. The van der Waals surface area contributed by atoms with Crippen molar-refractivity contribution >= 4 is 17.6 Å². The van der Waals surface area contributed by atoms with Crippen molar-refractivity contribution in [3.8, 4) is 0 Å². The predicted octanol–water partition coefficient (Wildman–Crippen LogP) is 1.90. The molecule has 1 aromatic heterocycles. The number of carbonyl (C=O) groups is 1. The quantitative estimate of drug-likeness (QED) is 0.768. The summed E-state index contributed by atoms with van der Waals surface area (Å²) in [6.07, 6.45) is 1.93. The third kappa shape index (κ3) is 1.18. The molecule has 1 N–H and O–H groups in total. The lowest BCUT2D eigenvalue weighted by molar-refractivity contribution is 0.0688. The third-order valence-corrected chi connectivity index (χ3v) is 1.94. The number of carboxylic acids is 1. The molecule has 12 heavy (non-hydrogen) atoms. The van der Waals surface area contributed by atoms with Gasteiger partial charge >= 0.3 is 5.97 Å². The molecule has 0 saturated heterocycles. The average Bonchev–Trinajstić information content (AvgIpc) is 2.75. The summed E-state index contributed by atoms with van der Waals surface area (Å²) < 4.78 is 4.97. The summed E-state index contributed by atoms with van der Waals surface area (Å²) in [5.41, 5.74) is -0.0394. The van der Waals surface area contributed by atoms with Crippen LogP contribution in [0.1, 0.15) is 35.0 Å². The van der Waals surface area contributed by atoms with Crippen LogP contribution in [-0.2, 0) is 0 Å². The number of carboxylic acid groups (broad SMARTS) is 1. The van der Waals surface area contributed by atoms with Crippen molar-refractivity contribution in [3.05, 3.63) is 16.8 Å². The maximum atomic E-state index is 10.6. The molecular formula is C7H6ClNO3. The minimum Gasteiger partial charge on any atom is -0.476 e. The van der Waals surface area contributed by atoms with Crippen molar-refractivity contribution in [2.45, 2.75) is 18.8 Å². The summed E-state index contributed by atoms with van der Waals surface area (Å²) in [5, 5.41) is 8.59. The fourth-order valence-electron chi connectivity index (χ4n) is 1.08. The molecule has 0 atom stereocenters. The minimum absolute atomic E-state index is 0.0394. The zero-order valence-corrected chi connectivity index (χ0v) is 6.84. The second-order valence-electron chi connectivity index (χ2n) is 2.76. The van der Waals surface area contributed by atoms with Crippen LogP contribution in [0.15, 0.2) is 4.42 Å². The van der Waals surface area contributed by atoms with Gasteiger partial charge in [0.1, 0.15) is 5.76 Å². The number of nitrogens with zero attached hydrogens (tertiary/aromatic N) is 1. The number of halogens is 1. The molecule has 2 rings (SSSR count). The Labute approximate surface area is 73.2 Å². The molecule has 1 aliphatic carbocycles. The Bertz CT molecular complexity index is 329. The van der Waals surface area contributed by atoms with Gasteiger partial charge in [0.05, 0.1) is 0 Å². The lowest BCUT2D eigenvalue weighted by atomic mass is 10.2. The molecule has 5 heteroatoms. The maximum absolute atomic E-state index is 10.6. The van der Waals surface area contributed by atoms with E-state index in [9.17, 15) is 4.79 Å². The summed E-state index contributed by atoms with van der Waals surface area (Å²) in [4.78, 5) is 14.2. The van der Waals surface area contributed by atoms with Crippen molar-refractivity contribution in [1.29, 1.82) is 0 Å². The SMILES string of the molecule is O=C(O)c1nc(Cl)oc1C1CC1. The first-order valence-electron chi connectivity index (χ1n) is 3.58. The van der Waals surface area contributed by atoms with Crippen LogP contribution in [0, 0.1) is 0 Å². The summed E-state index contributed by atoms with van der Waals surface area (Å²) in [6.45, 7) is 0. The van der Waals surface area contributed by atoms with Crippen LogP contribution in [0.25, 0.3) is 0 Å². The Hall–Kier alpha value is -1.03. The summed E-state index contributed by atoms with van der Waals surface area (Å²) in [6, 6.07) is 0. The van der Waals surface area contributed by atoms with Crippen LogP contribution < -0.4 is 0 Å². The molecule has 0 radical (unpaired) electrons. The molecule has 64 valence electrons. The normalized spacial score (nSPS) is 16.4. The van der Waals surface area contributed by atoms with Gasteiger partial charge < -0.3 is 9.52 Å². The van der Waals surface area contributed by atoms with Crippen LogP contribution in [0.5, 0.6) is 0 Å².